The Hall–Kier alpha value is -1.75. The van der Waals surface area contributed by atoms with E-state index in [1.54, 1.807) is 6.08 Å². The quantitative estimate of drug-likeness (QED) is 0.468. The molecule has 0 unspecified atom stereocenters. The van der Waals surface area contributed by atoms with E-state index in [0.29, 0.717) is 17.5 Å². The molecular weight excluding hydrogens is 429 g/mol. The maximum Gasteiger partial charge on any atom is 0.268 e. The molecule has 4 nitrogen and oxygen atoms in total. The molecule has 3 rings (SSSR count). The van der Waals surface area contributed by atoms with Gasteiger partial charge in [0.2, 0.25) is 0 Å². The lowest BCUT2D eigenvalue weighted by Crippen LogP contribution is -2.46. The molecule has 6 heteroatoms. The normalized spacial score (nSPS) is 17.0. The summed E-state index contributed by atoms with van der Waals surface area (Å²) in [4.78, 5) is 15.7. The average molecular weight is 462 g/mol. The third-order valence-electron chi connectivity index (χ3n) is 6.01. The molecule has 31 heavy (non-hydrogen) atoms. The Morgan fingerprint density at radius 3 is 2.61 bits per heavy atom. The zero-order valence-electron chi connectivity index (χ0n) is 18.7. The van der Waals surface area contributed by atoms with Gasteiger partial charge in [-0.05, 0) is 64.7 Å². The first-order valence-corrected chi connectivity index (χ1v) is 12.0. The monoisotopic (exact) mass is 461 g/mol. The number of nitrogens with zero attached hydrogens (tertiary/aromatic N) is 2. The fraction of sp³-hybridized carbons (Fsp3) is 0.480. The number of hydrogen-bond acceptors (Lipinski definition) is 2. The van der Waals surface area contributed by atoms with Gasteiger partial charge in [0.25, 0.3) is 5.91 Å². The minimum absolute atomic E-state index is 0.0118. The van der Waals surface area contributed by atoms with E-state index >= 15 is 0 Å². The number of nitrogens with one attached hydrogen (secondary N) is 1. The molecule has 1 aliphatic heterocycles. The Balaban J connectivity index is 1.70. The maximum atomic E-state index is 13.2. The van der Waals surface area contributed by atoms with Crippen molar-refractivity contribution in [2.75, 3.05) is 13.1 Å². The molecule has 0 saturated carbocycles. The highest BCUT2D eigenvalue weighted by atomic mass is 35.5. The smallest absolute Gasteiger partial charge is 0.268 e. The van der Waals surface area contributed by atoms with Crippen LogP contribution >= 0.6 is 23.2 Å². The first kappa shape index (κ1) is 23.9. The largest absolute Gasteiger partial charge is 0.348 e. The summed E-state index contributed by atoms with van der Waals surface area (Å²) in [6.07, 6.45) is 7.14. The van der Waals surface area contributed by atoms with Crippen LogP contribution in [0.2, 0.25) is 0 Å². The van der Waals surface area contributed by atoms with E-state index in [9.17, 15) is 4.79 Å². The minimum Gasteiger partial charge on any atom is -0.348 e. The van der Waals surface area contributed by atoms with Crippen LogP contribution in [0, 0.1) is 0 Å². The number of carbonyl (C=O) groups is 1. The number of hydrogen-bond donors (Lipinski definition) is 1. The average Bonchev–Trinajstić information content (AvgIpc) is 3.13. The van der Waals surface area contributed by atoms with Gasteiger partial charge >= 0.3 is 0 Å². The number of aryl methyl sites for hydroxylation is 1. The van der Waals surface area contributed by atoms with Crippen molar-refractivity contribution in [3.05, 3.63) is 58.2 Å². The number of allylic oxidation sites excluding steroid dienone is 4. The van der Waals surface area contributed by atoms with Crippen LogP contribution < -0.4 is 5.32 Å². The summed E-state index contributed by atoms with van der Waals surface area (Å²) in [6.45, 7) is 9.12. The molecule has 168 valence electrons. The van der Waals surface area contributed by atoms with Crippen LogP contribution in [-0.2, 0) is 6.54 Å². The van der Waals surface area contributed by atoms with Gasteiger partial charge in [-0.3, -0.25) is 4.79 Å². The molecule has 1 aromatic heterocycles. The molecule has 0 aliphatic carbocycles. The topological polar surface area (TPSA) is 37.3 Å². The summed E-state index contributed by atoms with van der Waals surface area (Å²) in [5.41, 5.74) is 1.80. The highest BCUT2D eigenvalue weighted by Crippen LogP contribution is 2.23. The van der Waals surface area contributed by atoms with Crippen molar-refractivity contribution in [2.45, 2.75) is 65.1 Å². The number of rotatable bonds is 8. The lowest BCUT2D eigenvalue weighted by Gasteiger charge is -2.34. The Morgan fingerprint density at radius 1 is 1.23 bits per heavy atom. The maximum absolute atomic E-state index is 13.2. The molecule has 0 radical (unpaired) electrons. The van der Waals surface area contributed by atoms with E-state index in [-0.39, 0.29) is 11.9 Å². The van der Waals surface area contributed by atoms with Gasteiger partial charge in [-0.15, -0.1) is 0 Å². The van der Waals surface area contributed by atoms with Crippen LogP contribution in [0.3, 0.4) is 0 Å². The van der Waals surface area contributed by atoms with Gasteiger partial charge in [-0.25, -0.2) is 0 Å². The first-order chi connectivity index (χ1) is 14.9. The van der Waals surface area contributed by atoms with E-state index in [4.69, 9.17) is 23.2 Å². The Morgan fingerprint density at radius 2 is 1.94 bits per heavy atom. The van der Waals surface area contributed by atoms with E-state index < -0.39 is 0 Å². The Bertz CT molecular complexity index is 953. The van der Waals surface area contributed by atoms with Crippen LogP contribution in [0.25, 0.3) is 10.9 Å². The van der Waals surface area contributed by atoms with Gasteiger partial charge in [-0.1, -0.05) is 47.5 Å². The molecule has 2 heterocycles. The van der Waals surface area contributed by atoms with Crippen LogP contribution in [-0.4, -0.2) is 40.5 Å². The van der Waals surface area contributed by atoms with Crippen molar-refractivity contribution >= 4 is 40.0 Å². The SMILES string of the molecule is C/C=C(Cl)\C=C(\Cl)CCCn1c(C(=O)NC2CCN(C(C)C)CC2)cc2ccccc21. The van der Waals surface area contributed by atoms with Crippen molar-refractivity contribution in [2.24, 2.45) is 0 Å². The molecule has 0 atom stereocenters. The van der Waals surface area contributed by atoms with E-state index in [1.807, 2.05) is 31.2 Å². The minimum atomic E-state index is 0.0118. The van der Waals surface area contributed by atoms with E-state index in [2.05, 4.69) is 40.8 Å². The van der Waals surface area contributed by atoms with Gasteiger partial charge in [-0.2, -0.15) is 0 Å². The molecule has 1 amide bonds. The van der Waals surface area contributed by atoms with Crippen LogP contribution in [0.4, 0.5) is 0 Å². The predicted molar refractivity (Wildman–Crippen MR) is 132 cm³/mol. The lowest BCUT2D eigenvalue weighted by molar-refractivity contribution is 0.0891. The van der Waals surface area contributed by atoms with Crippen molar-refractivity contribution in [1.29, 1.82) is 0 Å². The van der Waals surface area contributed by atoms with Crippen LogP contribution in [0.5, 0.6) is 0 Å². The van der Waals surface area contributed by atoms with Crippen molar-refractivity contribution in [3.63, 3.8) is 0 Å². The number of amides is 1. The fourth-order valence-corrected chi connectivity index (χ4v) is 4.61. The zero-order valence-corrected chi connectivity index (χ0v) is 20.2. The number of halogens is 2. The molecule has 0 spiro atoms. The molecule has 1 saturated heterocycles. The van der Waals surface area contributed by atoms with Crippen molar-refractivity contribution in [3.8, 4) is 0 Å². The number of piperidine rings is 1. The lowest BCUT2D eigenvalue weighted by atomic mass is 10.0. The Kier molecular flexibility index (Phi) is 8.65. The number of benzene rings is 1. The molecular formula is C25H33Cl2N3O. The van der Waals surface area contributed by atoms with Crippen molar-refractivity contribution in [1.82, 2.24) is 14.8 Å². The van der Waals surface area contributed by atoms with Gasteiger partial charge in [0.05, 0.1) is 0 Å². The van der Waals surface area contributed by atoms with Crippen LogP contribution in [0.15, 0.2) is 52.5 Å². The second-order valence-corrected chi connectivity index (χ2v) is 9.41. The van der Waals surface area contributed by atoms with Gasteiger partial charge < -0.3 is 14.8 Å². The molecule has 2 aromatic rings. The summed E-state index contributed by atoms with van der Waals surface area (Å²) in [5.74, 6) is 0.0118. The third kappa shape index (κ3) is 6.38. The highest BCUT2D eigenvalue weighted by Gasteiger charge is 2.24. The second kappa shape index (κ2) is 11.2. The first-order valence-electron chi connectivity index (χ1n) is 11.2. The summed E-state index contributed by atoms with van der Waals surface area (Å²) in [7, 11) is 0. The summed E-state index contributed by atoms with van der Waals surface area (Å²) in [5, 5.41) is 5.73. The molecule has 1 aliphatic rings. The number of carbonyl (C=O) groups excluding carboxylic acids is 1. The Labute approximate surface area is 195 Å². The van der Waals surface area contributed by atoms with E-state index in [0.717, 1.165) is 60.5 Å². The van der Waals surface area contributed by atoms with E-state index in [1.165, 1.54) is 0 Å². The second-order valence-electron chi connectivity index (χ2n) is 8.49. The molecule has 0 bridgehead atoms. The summed E-state index contributed by atoms with van der Waals surface area (Å²) >= 11 is 12.4. The van der Waals surface area contributed by atoms with Gasteiger partial charge in [0.15, 0.2) is 0 Å². The van der Waals surface area contributed by atoms with Crippen molar-refractivity contribution < 1.29 is 4.79 Å². The molecule has 1 N–H and O–H groups in total. The number of aromatic nitrogens is 1. The summed E-state index contributed by atoms with van der Waals surface area (Å²) < 4.78 is 2.12. The molecule has 1 fully saturated rings. The molecule has 1 aromatic carbocycles. The zero-order chi connectivity index (χ0) is 22.4. The fourth-order valence-electron chi connectivity index (χ4n) is 4.17. The predicted octanol–water partition coefficient (Wildman–Crippen LogP) is 6.29. The third-order valence-corrected chi connectivity index (χ3v) is 6.63. The van der Waals surface area contributed by atoms with Gasteiger partial charge in [0.1, 0.15) is 5.69 Å². The number of para-hydroxylation sites is 1. The van der Waals surface area contributed by atoms with Crippen LogP contribution in [0.1, 0.15) is 56.9 Å². The number of likely N-dealkylation sites (tertiary alicyclic amines) is 1. The van der Waals surface area contributed by atoms with Gasteiger partial charge in [0, 0.05) is 52.7 Å². The summed E-state index contributed by atoms with van der Waals surface area (Å²) in [6, 6.07) is 10.9. The standard InChI is InChI=1S/C25H33Cl2N3O/c1-4-20(26)17-21(27)9-7-13-30-23-10-6-5-8-19(23)16-24(30)25(31)28-22-11-14-29(15-12-22)18(2)3/h4-6,8,10,16-18,22H,7,9,11-15H2,1-3H3,(H,28,31)/b20-4+,21-17+. The highest BCUT2D eigenvalue weighted by molar-refractivity contribution is 6.34. The number of fused-ring (bicyclic) bond motifs is 1.